The first-order valence-corrected chi connectivity index (χ1v) is 13.6. The molecule has 5 N–H and O–H groups in total. The van der Waals surface area contributed by atoms with Gasteiger partial charge in [0, 0.05) is 19.0 Å². The van der Waals surface area contributed by atoms with Crippen LogP contribution in [0.25, 0.3) is 11.1 Å². The van der Waals surface area contributed by atoms with Crippen LogP contribution in [0.3, 0.4) is 0 Å². The summed E-state index contributed by atoms with van der Waals surface area (Å²) in [6.07, 6.45) is 2.07. The number of aliphatic imine (C=N–C) groups is 1. The Balaban J connectivity index is 1.36. The van der Waals surface area contributed by atoms with Gasteiger partial charge >= 0.3 is 6.09 Å². The van der Waals surface area contributed by atoms with E-state index in [9.17, 15) is 14.4 Å². The van der Waals surface area contributed by atoms with Crippen molar-refractivity contribution in [2.24, 2.45) is 10.7 Å². The number of benzene rings is 2. The molecule has 1 fully saturated rings. The van der Waals surface area contributed by atoms with E-state index in [0.29, 0.717) is 51.0 Å². The number of ether oxygens (including phenoxy) is 1. The molecule has 0 radical (unpaired) electrons. The van der Waals surface area contributed by atoms with Gasteiger partial charge in [0.2, 0.25) is 11.8 Å². The van der Waals surface area contributed by atoms with E-state index in [1.807, 2.05) is 24.3 Å². The molecule has 4 rings (SSSR count). The molecule has 0 aromatic heterocycles. The molecule has 3 amide bonds. The third-order valence-electron chi connectivity index (χ3n) is 6.91. The number of carbonyl (C=O) groups excluding carboxylic acids is 3. The van der Waals surface area contributed by atoms with Crippen molar-refractivity contribution in [2.45, 2.75) is 50.1 Å². The zero-order chi connectivity index (χ0) is 26.9. The fourth-order valence-electron chi connectivity index (χ4n) is 4.96. The maximum Gasteiger partial charge on any atom is 0.407 e. The van der Waals surface area contributed by atoms with Gasteiger partial charge in [0.1, 0.15) is 24.5 Å². The van der Waals surface area contributed by atoms with Crippen molar-refractivity contribution in [3.63, 3.8) is 0 Å². The molecule has 0 spiro atoms. The van der Waals surface area contributed by atoms with E-state index in [1.165, 1.54) is 0 Å². The number of amidine groups is 1. The molecule has 2 atom stereocenters. The molecule has 2 aromatic carbocycles. The van der Waals surface area contributed by atoms with Crippen LogP contribution < -0.4 is 21.7 Å². The number of hydrogen-bond donors (Lipinski definition) is 4. The number of fused-ring (bicyclic) bond motifs is 3. The number of carbonyl (C=O) groups is 3. The van der Waals surface area contributed by atoms with Gasteiger partial charge < -0.3 is 26.4 Å². The molecule has 1 heterocycles. The van der Waals surface area contributed by atoms with Gasteiger partial charge in [0.25, 0.3) is 0 Å². The van der Waals surface area contributed by atoms with Crippen molar-refractivity contribution < 1.29 is 19.1 Å². The first kappa shape index (κ1) is 27.4. The van der Waals surface area contributed by atoms with Crippen LogP contribution in [-0.4, -0.2) is 61.4 Å². The summed E-state index contributed by atoms with van der Waals surface area (Å²) in [4.78, 5) is 42.6. The third kappa shape index (κ3) is 6.83. The maximum absolute atomic E-state index is 13.1. The van der Waals surface area contributed by atoms with Crippen LogP contribution in [0.1, 0.15) is 49.1 Å². The lowest BCUT2D eigenvalue weighted by Gasteiger charge is -2.25. The molecule has 1 aliphatic heterocycles. The van der Waals surface area contributed by atoms with Crippen LogP contribution >= 0.6 is 11.6 Å². The van der Waals surface area contributed by atoms with Crippen molar-refractivity contribution >= 4 is 35.3 Å². The number of alkyl carbamates (subject to hydrolysis) is 1. The van der Waals surface area contributed by atoms with Crippen LogP contribution in [-0.2, 0) is 14.3 Å². The molecule has 2 aliphatic rings. The SMILES string of the molecule is NC(CCl)=NCCC[C@@H]1NC(=O)C(NC(=O)OCC2c3ccccc3-c3ccccc32)CCCCNC1=O. The van der Waals surface area contributed by atoms with Gasteiger partial charge in [0.05, 0.1) is 5.88 Å². The second-order valence-electron chi connectivity index (χ2n) is 9.52. The number of nitrogens with one attached hydrogen (secondary N) is 3. The molecular formula is C28H34ClN5O4. The summed E-state index contributed by atoms with van der Waals surface area (Å²) in [5.74, 6) is -0.268. The predicted octanol–water partition coefficient (Wildman–Crippen LogP) is 3.05. The Morgan fingerprint density at radius 1 is 1.05 bits per heavy atom. The van der Waals surface area contributed by atoms with Crippen molar-refractivity contribution in [3.8, 4) is 11.1 Å². The van der Waals surface area contributed by atoms with Gasteiger partial charge in [-0.2, -0.15) is 0 Å². The van der Waals surface area contributed by atoms with Crippen LogP contribution in [0.4, 0.5) is 4.79 Å². The Bertz CT molecular complexity index is 1140. The van der Waals surface area contributed by atoms with Gasteiger partial charge in [-0.1, -0.05) is 48.5 Å². The highest BCUT2D eigenvalue weighted by Crippen LogP contribution is 2.44. The largest absolute Gasteiger partial charge is 0.449 e. The summed E-state index contributed by atoms with van der Waals surface area (Å²) < 4.78 is 5.63. The van der Waals surface area contributed by atoms with Crippen LogP contribution in [0.2, 0.25) is 0 Å². The quantitative estimate of drug-likeness (QED) is 0.177. The lowest BCUT2D eigenvalue weighted by Crippen LogP contribution is -2.54. The standard InChI is InChI=1S/C28H34ClN5O4/c29-16-25(30)31-15-7-13-23-26(35)32-14-6-5-12-24(27(36)33-23)34-28(37)38-17-22-20-10-3-1-8-18(20)19-9-2-4-11-21(19)22/h1-4,8-11,22-24H,5-7,12-17H2,(H2,30,31)(H,32,35)(H,33,36)(H,34,37)/t23-,24?/m0/s1. The summed E-state index contributed by atoms with van der Waals surface area (Å²) >= 11 is 5.64. The Hall–Kier alpha value is -3.59. The Labute approximate surface area is 227 Å². The molecule has 1 unspecified atom stereocenters. The van der Waals surface area contributed by atoms with Gasteiger partial charge in [-0.15, -0.1) is 11.6 Å². The first-order chi connectivity index (χ1) is 18.5. The lowest BCUT2D eigenvalue weighted by molar-refractivity contribution is -0.130. The molecule has 0 bridgehead atoms. The lowest BCUT2D eigenvalue weighted by atomic mass is 9.98. The zero-order valence-electron chi connectivity index (χ0n) is 21.3. The number of alkyl halides is 1. The summed E-state index contributed by atoms with van der Waals surface area (Å²) in [6, 6.07) is 14.7. The minimum atomic E-state index is -0.802. The van der Waals surface area contributed by atoms with Gasteiger partial charge in [-0.3, -0.25) is 14.6 Å². The van der Waals surface area contributed by atoms with Crippen molar-refractivity contribution in [1.82, 2.24) is 16.0 Å². The van der Waals surface area contributed by atoms with Crippen LogP contribution in [0, 0.1) is 0 Å². The average molecular weight is 540 g/mol. The Kier molecular flexibility index (Phi) is 9.59. The van der Waals surface area contributed by atoms with Crippen molar-refractivity contribution in [1.29, 1.82) is 0 Å². The Morgan fingerprint density at radius 3 is 2.42 bits per heavy atom. The molecule has 9 nitrogen and oxygen atoms in total. The second-order valence-corrected chi connectivity index (χ2v) is 9.79. The summed E-state index contributed by atoms with van der Waals surface area (Å²) in [5, 5.41) is 8.37. The number of hydrogen-bond acceptors (Lipinski definition) is 5. The van der Waals surface area contributed by atoms with Gasteiger partial charge in [-0.05, 0) is 54.4 Å². The van der Waals surface area contributed by atoms with E-state index >= 15 is 0 Å². The number of rotatable bonds is 8. The zero-order valence-corrected chi connectivity index (χ0v) is 22.0. The van der Waals surface area contributed by atoms with Crippen molar-refractivity contribution in [2.75, 3.05) is 25.6 Å². The van der Waals surface area contributed by atoms with Crippen molar-refractivity contribution in [3.05, 3.63) is 59.7 Å². The molecule has 1 saturated heterocycles. The van der Waals surface area contributed by atoms with E-state index < -0.39 is 24.1 Å². The normalized spacial score (nSPS) is 20.1. The highest BCUT2D eigenvalue weighted by Gasteiger charge is 2.31. The van der Waals surface area contributed by atoms with E-state index in [2.05, 4.69) is 45.2 Å². The van der Waals surface area contributed by atoms with E-state index in [1.54, 1.807) is 0 Å². The molecule has 0 saturated carbocycles. The minimum absolute atomic E-state index is 0.0744. The number of nitrogens with zero attached hydrogens (tertiary/aromatic N) is 1. The number of amides is 3. The Morgan fingerprint density at radius 2 is 1.74 bits per heavy atom. The monoisotopic (exact) mass is 539 g/mol. The fourth-order valence-corrected chi connectivity index (χ4v) is 5.05. The van der Waals surface area contributed by atoms with Crippen LogP contribution in [0.15, 0.2) is 53.5 Å². The maximum atomic E-state index is 13.1. The number of nitrogens with two attached hydrogens (primary N) is 1. The van der Waals surface area contributed by atoms with Gasteiger partial charge in [0.15, 0.2) is 0 Å². The van der Waals surface area contributed by atoms with E-state index in [4.69, 9.17) is 22.1 Å². The minimum Gasteiger partial charge on any atom is -0.449 e. The topological polar surface area (TPSA) is 135 Å². The van der Waals surface area contributed by atoms with E-state index in [0.717, 1.165) is 22.3 Å². The second kappa shape index (κ2) is 13.3. The highest BCUT2D eigenvalue weighted by atomic mass is 35.5. The average Bonchev–Trinajstić information content (AvgIpc) is 3.25. The number of halogens is 1. The molecule has 10 heteroatoms. The molecular weight excluding hydrogens is 506 g/mol. The predicted molar refractivity (Wildman–Crippen MR) is 147 cm³/mol. The first-order valence-electron chi connectivity index (χ1n) is 13.0. The molecule has 202 valence electrons. The summed E-state index contributed by atoms with van der Waals surface area (Å²) in [6.45, 7) is 1.06. The smallest absolute Gasteiger partial charge is 0.407 e. The summed E-state index contributed by atoms with van der Waals surface area (Å²) in [7, 11) is 0. The molecule has 2 aromatic rings. The molecule has 38 heavy (non-hydrogen) atoms. The highest BCUT2D eigenvalue weighted by molar-refractivity contribution is 6.27. The third-order valence-corrected chi connectivity index (χ3v) is 7.18. The van der Waals surface area contributed by atoms with E-state index in [-0.39, 0.29) is 24.3 Å². The summed E-state index contributed by atoms with van der Waals surface area (Å²) in [5.41, 5.74) is 10.1. The fraction of sp³-hybridized carbons (Fsp3) is 0.429. The van der Waals surface area contributed by atoms with Gasteiger partial charge in [-0.25, -0.2) is 4.79 Å². The van der Waals surface area contributed by atoms with Crippen LogP contribution in [0.5, 0.6) is 0 Å². The molecule has 1 aliphatic carbocycles.